The van der Waals surface area contributed by atoms with Crippen molar-refractivity contribution >= 4 is 23.5 Å². The van der Waals surface area contributed by atoms with Crippen LogP contribution < -0.4 is 10.8 Å². The third kappa shape index (κ3) is 4.27. The van der Waals surface area contributed by atoms with Crippen molar-refractivity contribution < 1.29 is 14.6 Å². The number of amides is 1. The van der Waals surface area contributed by atoms with E-state index in [1.165, 1.54) is 0 Å². The smallest absolute Gasteiger partial charge is 0.230 e. The molecular formula is C17H18N6O3S. The van der Waals surface area contributed by atoms with Gasteiger partial charge in [0.2, 0.25) is 5.91 Å². The fraction of sp³-hybridized carbons (Fsp3) is 0.353. The number of amidine groups is 1. The molecule has 1 amide bonds. The lowest BCUT2D eigenvalue weighted by Gasteiger charge is -2.09. The molecule has 140 valence electrons. The molecule has 0 bridgehead atoms. The summed E-state index contributed by atoms with van der Waals surface area (Å²) in [5, 5.41) is 29.3. The minimum atomic E-state index is -0.221. The molecule has 2 aromatic rings. The zero-order chi connectivity index (χ0) is 19.2. The molecule has 27 heavy (non-hydrogen) atoms. The van der Waals surface area contributed by atoms with Crippen LogP contribution in [0.1, 0.15) is 41.8 Å². The Morgan fingerprint density at radius 3 is 3.11 bits per heavy atom. The van der Waals surface area contributed by atoms with E-state index in [2.05, 4.69) is 32.2 Å². The Bertz CT molecular complexity index is 904. The van der Waals surface area contributed by atoms with Crippen LogP contribution in [0.5, 0.6) is 0 Å². The molecule has 1 unspecified atom stereocenters. The summed E-state index contributed by atoms with van der Waals surface area (Å²) in [6.45, 7) is 2.38. The van der Waals surface area contributed by atoms with Gasteiger partial charge in [-0.15, -0.1) is 0 Å². The number of hydrogen-bond acceptors (Lipinski definition) is 8. The number of hydrogen-bond donors (Lipinski definition) is 3. The first kappa shape index (κ1) is 18.9. The Morgan fingerprint density at radius 1 is 1.52 bits per heavy atom. The summed E-state index contributed by atoms with van der Waals surface area (Å²) in [4.78, 5) is 16.2. The van der Waals surface area contributed by atoms with Gasteiger partial charge in [-0.05, 0) is 53.3 Å². The molecule has 0 saturated heterocycles. The number of aryl methyl sites for hydroxylation is 1. The lowest BCUT2D eigenvalue weighted by atomic mass is 10.1. The molecule has 3 rings (SSSR count). The van der Waals surface area contributed by atoms with Gasteiger partial charge in [-0.25, -0.2) is 4.63 Å². The molecular weight excluding hydrogens is 368 g/mol. The molecule has 1 aliphatic carbocycles. The Morgan fingerprint density at radius 2 is 2.37 bits per heavy atom. The molecule has 10 heteroatoms. The molecule has 0 aliphatic heterocycles. The maximum atomic E-state index is 11.6. The van der Waals surface area contributed by atoms with Crippen molar-refractivity contribution in [1.82, 2.24) is 21.1 Å². The number of aliphatic imine (C=N–C) groups is 1. The average molecular weight is 386 g/mol. The molecule has 3 N–H and O–H groups in total. The molecule has 1 aromatic carbocycles. The summed E-state index contributed by atoms with van der Waals surface area (Å²) in [6.07, 6.45) is 1.59. The molecule has 1 heterocycles. The molecule has 1 aromatic heterocycles. The summed E-state index contributed by atoms with van der Waals surface area (Å²) in [5.74, 6) is 0.112. The fourth-order valence-corrected chi connectivity index (χ4v) is 3.61. The number of nitriles is 1. The van der Waals surface area contributed by atoms with Gasteiger partial charge in [-0.1, -0.05) is 17.8 Å². The van der Waals surface area contributed by atoms with Crippen molar-refractivity contribution in [2.75, 3.05) is 12.3 Å². The van der Waals surface area contributed by atoms with Gasteiger partial charge in [0.15, 0.2) is 16.6 Å². The van der Waals surface area contributed by atoms with E-state index >= 15 is 0 Å². The molecule has 0 saturated carbocycles. The predicted molar refractivity (Wildman–Crippen MR) is 97.4 cm³/mol. The highest BCUT2D eigenvalue weighted by Crippen LogP contribution is 2.35. The number of nitrogens with zero attached hydrogens (tertiary/aromatic N) is 4. The second kappa shape index (κ2) is 8.66. The van der Waals surface area contributed by atoms with Gasteiger partial charge in [0.05, 0.1) is 23.4 Å². The van der Waals surface area contributed by atoms with Gasteiger partial charge in [0, 0.05) is 6.54 Å². The zero-order valence-electron chi connectivity index (χ0n) is 14.6. The van der Waals surface area contributed by atoms with Crippen LogP contribution in [0.4, 0.5) is 0 Å². The summed E-state index contributed by atoms with van der Waals surface area (Å²) in [7, 11) is 0. The molecule has 9 nitrogen and oxygen atoms in total. The number of fused-ring (bicyclic) bond motifs is 1. The van der Waals surface area contributed by atoms with Crippen LogP contribution in [0.3, 0.4) is 0 Å². The lowest BCUT2D eigenvalue weighted by Crippen LogP contribution is -2.25. The van der Waals surface area contributed by atoms with Crippen LogP contribution in [0, 0.1) is 11.3 Å². The maximum Gasteiger partial charge on any atom is 0.230 e. The molecule has 1 atom stereocenters. The summed E-state index contributed by atoms with van der Waals surface area (Å²) in [5.41, 5.74) is 4.93. The maximum absolute atomic E-state index is 11.6. The highest BCUT2D eigenvalue weighted by molar-refractivity contribution is 8.00. The first-order valence-electron chi connectivity index (χ1n) is 8.39. The Labute approximate surface area is 159 Å². The van der Waals surface area contributed by atoms with E-state index < -0.39 is 0 Å². The number of aromatic nitrogens is 2. The highest BCUT2D eigenvalue weighted by Gasteiger charge is 2.25. The van der Waals surface area contributed by atoms with Crippen molar-refractivity contribution in [3.8, 4) is 6.07 Å². The molecule has 0 radical (unpaired) electrons. The second-order valence-electron chi connectivity index (χ2n) is 5.83. The second-order valence-corrected chi connectivity index (χ2v) is 6.79. The van der Waals surface area contributed by atoms with E-state index in [0.717, 1.165) is 35.7 Å². The Hall–Kier alpha value is -2.90. The van der Waals surface area contributed by atoms with E-state index in [0.29, 0.717) is 17.1 Å². The summed E-state index contributed by atoms with van der Waals surface area (Å²) >= 11 is 1.14. The van der Waals surface area contributed by atoms with E-state index in [-0.39, 0.29) is 29.2 Å². The SMILES string of the molecule is CCNC(=O)CSc1nonc1C(=NC1CCc2ccc(C#N)cc21)NO. The van der Waals surface area contributed by atoms with E-state index in [1.807, 2.05) is 19.1 Å². The van der Waals surface area contributed by atoms with Gasteiger partial charge in [0.25, 0.3) is 0 Å². The van der Waals surface area contributed by atoms with Crippen molar-refractivity contribution in [2.45, 2.75) is 30.8 Å². The fourth-order valence-electron chi connectivity index (χ4n) is 2.88. The van der Waals surface area contributed by atoms with Crippen LogP contribution in [-0.2, 0) is 11.2 Å². The van der Waals surface area contributed by atoms with Crippen molar-refractivity contribution in [3.05, 3.63) is 40.6 Å². The molecule has 0 fully saturated rings. The summed E-state index contributed by atoms with van der Waals surface area (Å²) < 4.78 is 4.76. The Balaban J connectivity index is 1.82. The number of carbonyl (C=O) groups excluding carboxylic acids is 1. The van der Waals surface area contributed by atoms with Gasteiger partial charge in [0.1, 0.15) is 0 Å². The van der Waals surface area contributed by atoms with E-state index in [4.69, 9.17) is 9.89 Å². The van der Waals surface area contributed by atoms with Crippen LogP contribution >= 0.6 is 11.8 Å². The number of rotatable bonds is 6. The standard InChI is InChI=1S/C17H18N6O3S/c1-2-19-14(24)9-27-17-15(22-26-23-17)16(21-25)20-13-6-5-11-4-3-10(8-18)7-12(11)13/h3-4,7,13,25H,2,5-6,9H2,1H3,(H,19,24)(H,20,21). The quantitative estimate of drug-likeness (QED) is 0.295. The number of benzene rings is 1. The minimum absolute atomic E-state index is 0.106. The summed E-state index contributed by atoms with van der Waals surface area (Å²) in [6, 6.07) is 7.44. The molecule has 1 aliphatic rings. The van der Waals surface area contributed by atoms with Crippen LogP contribution in [0.25, 0.3) is 0 Å². The lowest BCUT2D eigenvalue weighted by molar-refractivity contribution is -0.118. The third-order valence-electron chi connectivity index (χ3n) is 4.11. The largest absolute Gasteiger partial charge is 0.356 e. The Kier molecular flexibility index (Phi) is 6.05. The number of nitrogens with one attached hydrogen (secondary N) is 2. The zero-order valence-corrected chi connectivity index (χ0v) is 15.4. The van der Waals surface area contributed by atoms with Crippen molar-refractivity contribution in [3.63, 3.8) is 0 Å². The van der Waals surface area contributed by atoms with Gasteiger partial charge in [-0.3, -0.25) is 20.5 Å². The third-order valence-corrected chi connectivity index (χ3v) is 5.06. The minimum Gasteiger partial charge on any atom is -0.356 e. The average Bonchev–Trinajstić information content (AvgIpc) is 3.31. The van der Waals surface area contributed by atoms with Gasteiger partial charge in [-0.2, -0.15) is 5.26 Å². The highest BCUT2D eigenvalue weighted by atomic mass is 32.2. The van der Waals surface area contributed by atoms with Crippen molar-refractivity contribution in [2.24, 2.45) is 4.99 Å². The van der Waals surface area contributed by atoms with Crippen LogP contribution in [0.15, 0.2) is 32.8 Å². The normalized spacial score (nSPS) is 15.9. The predicted octanol–water partition coefficient (Wildman–Crippen LogP) is 1.58. The van der Waals surface area contributed by atoms with E-state index in [1.54, 1.807) is 6.07 Å². The number of hydroxylamine groups is 1. The van der Waals surface area contributed by atoms with E-state index in [9.17, 15) is 10.0 Å². The first-order valence-corrected chi connectivity index (χ1v) is 9.38. The molecule has 0 spiro atoms. The van der Waals surface area contributed by atoms with Crippen LogP contribution in [-0.4, -0.2) is 39.6 Å². The van der Waals surface area contributed by atoms with Gasteiger partial charge < -0.3 is 5.32 Å². The van der Waals surface area contributed by atoms with Crippen molar-refractivity contribution in [1.29, 1.82) is 5.26 Å². The number of carbonyl (C=O) groups is 1. The topological polar surface area (TPSA) is 136 Å². The number of thioether (sulfide) groups is 1. The first-order chi connectivity index (χ1) is 13.2. The van der Waals surface area contributed by atoms with Crippen LogP contribution in [0.2, 0.25) is 0 Å². The van der Waals surface area contributed by atoms with Gasteiger partial charge >= 0.3 is 0 Å². The monoisotopic (exact) mass is 386 g/mol.